The first-order valence-corrected chi connectivity index (χ1v) is 3.21. The highest BCUT2D eigenvalue weighted by Gasteiger charge is 2.16. The third kappa shape index (κ3) is 1.86. The second kappa shape index (κ2) is 3.56. The molecule has 0 unspecified atom stereocenters. The topological polar surface area (TPSA) is 129 Å². The number of carboxylic acid groups (broad SMARTS) is 1. The van der Waals surface area contributed by atoms with Gasteiger partial charge in [-0.15, -0.1) is 4.91 Å². The van der Waals surface area contributed by atoms with Gasteiger partial charge in [0.25, 0.3) is 0 Å². The second-order valence-electron chi connectivity index (χ2n) is 2.11. The number of hydrogen-bond acceptors (Lipinski definition) is 7. The lowest BCUT2D eigenvalue weighted by Gasteiger charge is -2.03. The molecule has 0 aliphatic carbocycles. The number of nitrogens with zero attached hydrogens (tertiary/aromatic N) is 2. The normalized spacial score (nSPS) is 9.43. The Morgan fingerprint density at radius 1 is 1.50 bits per heavy atom. The average Bonchev–Trinajstić information content (AvgIpc) is 2.01. The van der Waals surface area contributed by atoms with Crippen molar-refractivity contribution >= 4 is 11.8 Å². The Balaban J connectivity index is 3.24. The number of aromatic hydroxyl groups is 2. The first kappa shape index (κ1) is 9.71. The van der Waals surface area contributed by atoms with Crippen molar-refractivity contribution in [2.24, 2.45) is 5.18 Å². The number of nitroso groups, excluding NO2 is 1. The van der Waals surface area contributed by atoms with Crippen LogP contribution in [0.25, 0.3) is 0 Å². The summed E-state index contributed by atoms with van der Waals surface area (Å²) in [5.41, 5.74) is -0.690. The van der Waals surface area contributed by atoms with Crippen molar-refractivity contribution in [3.8, 4) is 17.5 Å². The van der Waals surface area contributed by atoms with Crippen LogP contribution in [0, 0.1) is 4.91 Å². The predicted octanol–water partition coefficient (Wildman–Crippen LogP) is 0.948. The predicted molar refractivity (Wildman–Crippen MR) is 41.7 cm³/mol. The summed E-state index contributed by atoms with van der Waals surface area (Å²) in [7, 11) is 0. The van der Waals surface area contributed by atoms with Crippen LogP contribution in [-0.4, -0.2) is 26.5 Å². The number of rotatable bonds is 2. The monoisotopic (exact) mass is 200 g/mol. The molecule has 74 valence electrons. The molecule has 0 spiro atoms. The molecular weight excluding hydrogens is 196 g/mol. The van der Waals surface area contributed by atoms with Crippen molar-refractivity contribution in [1.29, 1.82) is 0 Å². The molecule has 1 aromatic heterocycles. The van der Waals surface area contributed by atoms with Crippen LogP contribution >= 0.6 is 0 Å². The summed E-state index contributed by atoms with van der Waals surface area (Å²) in [6, 6.07) is 0.741. The molecule has 8 heteroatoms. The zero-order valence-electron chi connectivity index (χ0n) is 6.54. The van der Waals surface area contributed by atoms with E-state index in [1.807, 2.05) is 0 Å². The fourth-order valence-electron chi connectivity index (χ4n) is 0.747. The minimum Gasteiger partial charge on any atom is -0.493 e. The quantitative estimate of drug-likeness (QED) is 0.478. The van der Waals surface area contributed by atoms with Crippen LogP contribution in [0.15, 0.2) is 11.2 Å². The second-order valence-corrected chi connectivity index (χ2v) is 2.11. The van der Waals surface area contributed by atoms with Gasteiger partial charge in [-0.2, -0.15) is 4.98 Å². The number of carbonyl (C=O) groups is 1. The van der Waals surface area contributed by atoms with Crippen LogP contribution in [0.5, 0.6) is 17.5 Å². The number of aromatic nitrogens is 1. The maximum absolute atomic E-state index is 10.1. The van der Waals surface area contributed by atoms with Crippen molar-refractivity contribution < 1.29 is 24.9 Å². The largest absolute Gasteiger partial charge is 0.511 e. The van der Waals surface area contributed by atoms with Crippen molar-refractivity contribution in [3.63, 3.8) is 0 Å². The smallest absolute Gasteiger partial charge is 0.493 e. The van der Waals surface area contributed by atoms with E-state index in [4.69, 9.17) is 15.3 Å². The summed E-state index contributed by atoms with van der Waals surface area (Å²) in [6.07, 6.45) is -1.71. The highest BCUT2D eigenvalue weighted by molar-refractivity contribution is 5.68. The minimum absolute atomic E-state index is 0.586. The number of hydrogen-bond donors (Lipinski definition) is 3. The van der Waals surface area contributed by atoms with E-state index in [1.54, 1.807) is 0 Å². The van der Waals surface area contributed by atoms with Gasteiger partial charge in [0.1, 0.15) is 0 Å². The van der Waals surface area contributed by atoms with Crippen molar-refractivity contribution in [2.75, 3.05) is 0 Å². The van der Waals surface area contributed by atoms with E-state index < -0.39 is 29.4 Å². The first-order valence-electron chi connectivity index (χ1n) is 3.21. The van der Waals surface area contributed by atoms with E-state index in [1.165, 1.54) is 0 Å². The summed E-state index contributed by atoms with van der Waals surface area (Å²) < 4.78 is 4.06. The highest BCUT2D eigenvalue weighted by atomic mass is 16.7. The Morgan fingerprint density at radius 2 is 2.14 bits per heavy atom. The third-order valence-corrected chi connectivity index (χ3v) is 1.21. The van der Waals surface area contributed by atoms with E-state index in [9.17, 15) is 9.70 Å². The highest BCUT2D eigenvalue weighted by Crippen LogP contribution is 2.37. The molecular formula is C6H4N2O6. The summed E-state index contributed by atoms with van der Waals surface area (Å²) in [4.78, 5) is 23.3. The molecule has 1 aromatic rings. The molecule has 8 nitrogen and oxygen atoms in total. The zero-order valence-corrected chi connectivity index (χ0v) is 6.54. The Kier molecular flexibility index (Phi) is 2.47. The van der Waals surface area contributed by atoms with Gasteiger partial charge in [0.05, 0.1) is 0 Å². The SMILES string of the molecule is O=Nc1c(OC(=O)O)cc(O)nc1O. The molecule has 0 radical (unpaired) electrons. The molecule has 1 heterocycles. The van der Waals surface area contributed by atoms with E-state index in [0.717, 1.165) is 6.07 Å². The average molecular weight is 200 g/mol. The van der Waals surface area contributed by atoms with Gasteiger partial charge >= 0.3 is 6.16 Å². The van der Waals surface area contributed by atoms with E-state index in [2.05, 4.69) is 14.9 Å². The van der Waals surface area contributed by atoms with Crippen LogP contribution in [0.4, 0.5) is 10.5 Å². The van der Waals surface area contributed by atoms with E-state index in [0.29, 0.717) is 0 Å². The summed E-state index contributed by atoms with van der Waals surface area (Å²) in [6.45, 7) is 0. The molecule has 0 amide bonds. The van der Waals surface area contributed by atoms with Gasteiger partial charge < -0.3 is 20.1 Å². The molecule has 0 aliphatic rings. The molecule has 0 bridgehead atoms. The summed E-state index contributed by atoms with van der Waals surface area (Å²) >= 11 is 0. The van der Waals surface area contributed by atoms with Crippen molar-refractivity contribution in [2.45, 2.75) is 0 Å². The van der Waals surface area contributed by atoms with Crippen LogP contribution in [0.3, 0.4) is 0 Å². The van der Waals surface area contributed by atoms with Gasteiger partial charge in [0, 0.05) is 6.07 Å². The molecule has 0 saturated carbocycles. The maximum Gasteiger partial charge on any atom is 0.511 e. The Bertz CT molecular complexity index is 390. The van der Waals surface area contributed by atoms with Crippen molar-refractivity contribution in [1.82, 2.24) is 4.98 Å². The Labute approximate surface area is 76.4 Å². The molecule has 0 saturated heterocycles. The third-order valence-electron chi connectivity index (χ3n) is 1.21. The lowest BCUT2D eigenvalue weighted by Crippen LogP contribution is -2.03. The molecule has 0 atom stereocenters. The molecule has 0 fully saturated rings. The van der Waals surface area contributed by atoms with Crippen LogP contribution in [0.1, 0.15) is 0 Å². The summed E-state index contributed by atoms with van der Waals surface area (Å²) in [5.74, 6) is -2.18. The molecule has 14 heavy (non-hydrogen) atoms. The van der Waals surface area contributed by atoms with Gasteiger partial charge in [0.2, 0.25) is 17.4 Å². The lowest BCUT2D eigenvalue weighted by atomic mass is 10.3. The van der Waals surface area contributed by atoms with Gasteiger partial charge in [-0.05, 0) is 5.18 Å². The Hall–Kier alpha value is -2.38. The molecule has 1 rings (SSSR count). The number of ether oxygens (including phenoxy) is 1. The minimum atomic E-state index is -1.71. The Morgan fingerprint density at radius 3 is 2.64 bits per heavy atom. The van der Waals surface area contributed by atoms with Crippen LogP contribution in [0.2, 0.25) is 0 Å². The zero-order chi connectivity index (χ0) is 10.7. The van der Waals surface area contributed by atoms with Gasteiger partial charge in [-0.25, -0.2) is 4.79 Å². The fourth-order valence-corrected chi connectivity index (χ4v) is 0.747. The molecule has 3 N–H and O–H groups in total. The van der Waals surface area contributed by atoms with Crippen LogP contribution < -0.4 is 4.74 Å². The number of pyridine rings is 1. The van der Waals surface area contributed by atoms with Gasteiger partial charge in [-0.3, -0.25) is 0 Å². The summed E-state index contributed by atoms with van der Waals surface area (Å²) in [5, 5.41) is 28.3. The fraction of sp³-hybridized carbons (Fsp3) is 0. The van der Waals surface area contributed by atoms with Crippen LogP contribution in [-0.2, 0) is 0 Å². The molecule has 0 aromatic carbocycles. The maximum atomic E-state index is 10.1. The van der Waals surface area contributed by atoms with E-state index >= 15 is 0 Å². The molecule has 0 aliphatic heterocycles. The van der Waals surface area contributed by atoms with Gasteiger partial charge in [0.15, 0.2) is 5.75 Å². The van der Waals surface area contributed by atoms with Gasteiger partial charge in [-0.1, -0.05) is 0 Å². The van der Waals surface area contributed by atoms with E-state index in [-0.39, 0.29) is 0 Å². The van der Waals surface area contributed by atoms with Crippen molar-refractivity contribution in [3.05, 3.63) is 11.0 Å². The first-order chi connectivity index (χ1) is 6.54. The standard InChI is InChI=1S/C6H4N2O6/c9-3-1-2(14-6(11)12)4(8-13)5(10)7-3/h1H,(H,11,12)(H2,7,9,10). The lowest BCUT2D eigenvalue weighted by molar-refractivity contribution is 0.144.